The fourth-order valence-electron chi connectivity index (χ4n) is 3.16. The van der Waals surface area contributed by atoms with Gasteiger partial charge < -0.3 is 10.2 Å². The molecular formula is C21H23F3IN3O. The highest BCUT2D eigenvalue weighted by molar-refractivity contribution is 14.1. The molecule has 1 amide bonds. The lowest BCUT2D eigenvalue weighted by Gasteiger charge is -2.33. The number of carbonyl (C=O) groups is 1. The van der Waals surface area contributed by atoms with Gasteiger partial charge >= 0.3 is 6.18 Å². The first-order chi connectivity index (χ1) is 14.5. The van der Waals surface area contributed by atoms with Gasteiger partial charge in [-0.15, -0.1) is 0 Å². The van der Waals surface area contributed by atoms with Crippen molar-refractivity contribution in [2.45, 2.75) is 19.6 Å². The zero-order valence-corrected chi connectivity index (χ0v) is 18.0. The average molecular weight is 519 g/mol. The molecule has 0 unspecified atom stereocenters. The molecule has 1 N–H and O–H groups in total. The Bertz CT molecular complexity index is 948. The summed E-state index contributed by atoms with van der Waals surface area (Å²) in [4.78, 5) is 16.0. The maximum atomic E-state index is 13.7. The number of nitrogens with one attached hydrogen (secondary N) is 1. The summed E-state index contributed by atoms with van der Waals surface area (Å²) in [5.41, 5.74) is 0.852. The van der Waals surface area contributed by atoms with E-state index in [1.807, 2.05) is 11.8 Å². The Kier molecular flexibility index (Phi) is 6.00. The van der Waals surface area contributed by atoms with Gasteiger partial charge in [0.2, 0.25) is 0 Å². The predicted molar refractivity (Wildman–Crippen MR) is 116 cm³/mol. The Morgan fingerprint density at radius 2 is 1.90 bits per heavy atom. The molecule has 4 nitrogen and oxygen atoms in total. The van der Waals surface area contributed by atoms with Crippen molar-refractivity contribution in [2.24, 2.45) is 0 Å². The second kappa shape index (κ2) is 9.01. The van der Waals surface area contributed by atoms with Crippen LogP contribution in [0.2, 0.25) is 0 Å². The Hall–Kier alpha value is -1.65. The number of carbonyl (C=O) groups excluding carboxylic acids is 1. The largest absolute Gasteiger partial charge is 0.416 e. The van der Waals surface area contributed by atoms with E-state index in [1.54, 1.807) is 23.1 Å². The van der Waals surface area contributed by atoms with Crippen LogP contribution in [0.25, 0.3) is 0 Å². The van der Waals surface area contributed by atoms with Crippen LogP contribution in [0.3, 0.4) is 0 Å². The lowest BCUT2D eigenvalue weighted by Crippen LogP contribution is -2.44. The van der Waals surface area contributed by atoms with Crippen LogP contribution in [-0.4, -0.2) is 48.9 Å². The zero-order valence-electron chi connectivity index (χ0n) is 17.9. The lowest BCUT2D eigenvalue weighted by molar-refractivity contribution is -0.138. The molecule has 1 aliphatic rings. The number of halogens is 4. The highest BCUT2D eigenvalue weighted by Crippen LogP contribution is 2.34. The van der Waals surface area contributed by atoms with Gasteiger partial charge in [0.1, 0.15) is 0 Å². The first kappa shape index (κ1) is 19.3. The summed E-state index contributed by atoms with van der Waals surface area (Å²) >= 11 is 2.11. The van der Waals surface area contributed by atoms with E-state index in [-0.39, 0.29) is 17.8 Å². The molecule has 1 heterocycles. The van der Waals surface area contributed by atoms with E-state index in [4.69, 9.17) is 2.74 Å². The van der Waals surface area contributed by atoms with Crippen LogP contribution >= 0.6 is 22.6 Å². The molecular weight excluding hydrogens is 494 g/mol. The third-order valence-corrected chi connectivity index (χ3v) is 6.07. The fourth-order valence-corrected chi connectivity index (χ4v) is 3.67. The number of hydrogen-bond acceptors (Lipinski definition) is 3. The number of amides is 1. The molecule has 29 heavy (non-hydrogen) atoms. The third kappa shape index (κ3) is 5.70. The third-order valence-electron chi connectivity index (χ3n) is 4.91. The summed E-state index contributed by atoms with van der Waals surface area (Å²) in [5.74, 6) is -0.463. The number of hydrogen-bond donors (Lipinski definition) is 1. The van der Waals surface area contributed by atoms with Gasteiger partial charge in [-0.25, -0.2) is 0 Å². The van der Waals surface area contributed by atoms with E-state index >= 15 is 0 Å². The van der Waals surface area contributed by atoms with E-state index in [1.165, 1.54) is 12.1 Å². The number of piperazine rings is 1. The van der Waals surface area contributed by atoms with Crippen molar-refractivity contribution < 1.29 is 20.7 Å². The molecule has 1 saturated heterocycles. The second-order valence-corrected chi connectivity index (χ2v) is 8.26. The summed E-state index contributed by atoms with van der Waals surface area (Å²) in [5, 5.41) is 2.56. The summed E-state index contributed by atoms with van der Waals surface area (Å²) in [6.45, 7) is 2.91. The molecule has 0 spiro atoms. The van der Waals surface area contributed by atoms with E-state index in [0.29, 0.717) is 31.7 Å². The molecule has 1 fully saturated rings. The van der Waals surface area contributed by atoms with Crippen molar-refractivity contribution in [3.05, 3.63) is 62.2 Å². The topological polar surface area (TPSA) is 35.6 Å². The van der Waals surface area contributed by atoms with Crippen LogP contribution in [0.1, 0.15) is 29.8 Å². The minimum Gasteiger partial charge on any atom is -0.322 e. The monoisotopic (exact) mass is 519 g/mol. The van der Waals surface area contributed by atoms with Crippen LogP contribution in [0.4, 0.5) is 18.9 Å². The van der Waals surface area contributed by atoms with Crippen molar-refractivity contribution in [3.63, 3.8) is 0 Å². The Labute approximate surface area is 185 Å². The summed E-state index contributed by atoms with van der Waals surface area (Å²) in [6, 6.07) is 9.01. The molecule has 2 aromatic carbocycles. The second-order valence-electron chi connectivity index (χ2n) is 7.10. The van der Waals surface area contributed by atoms with Gasteiger partial charge in [-0.05, 0) is 71.9 Å². The van der Waals surface area contributed by atoms with Gasteiger partial charge in [-0.2, -0.15) is 13.2 Å². The summed E-state index contributed by atoms with van der Waals surface area (Å²) in [7, 11) is 0. The molecule has 3 rings (SSSR count). The Balaban J connectivity index is 1.75. The van der Waals surface area contributed by atoms with E-state index < -0.39 is 24.6 Å². The fraction of sp³-hybridized carbons (Fsp3) is 0.381. The lowest BCUT2D eigenvalue weighted by atomic mass is 10.0. The van der Waals surface area contributed by atoms with Crippen LogP contribution < -0.4 is 5.32 Å². The normalized spacial score (nSPS) is 17.2. The summed E-state index contributed by atoms with van der Waals surface area (Å²) < 4.78 is 56.9. The summed E-state index contributed by atoms with van der Waals surface area (Å²) in [6.07, 6.45) is -4.55. The Morgan fingerprint density at radius 3 is 2.52 bits per heavy atom. The van der Waals surface area contributed by atoms with Crippen molar-refractivity contribution in [3.8, 4) is 0 Å². The molecule has 8 heteroatoms. The molecule has 0 saturated carbocycles. The molecule has 2 aromatic rings. The van der Waals surface area contributed by atoms with Crippen LogP contribution in [0, 0.1) is 10.5 Å². The number of aryl methyl sites for hydroxylation is 1. The van der Waals surface area contributed by atoms with Gasteiger partial charge in [0.15, 0.2) is 0 Å². The smallest absolute Gasteiger partial charge is 0.322 e. The molecule has 1 aliphatic heterocycles. The van der Waals surface area contributed by atoms with Gasteiger partial charge in [0, 0.05) is 50.3 Å². The number of nitrogens with zero attached hydrogens (tertiary/aromatic N) is 2. The maximum Gasteiger partial charge on any atom is 0.416 e. The van der Waals surface area contributed by atoms with E-state index in [2.05, 4.69) is 27.9 Å². The SMILES string of the molecule is [2H]C([2H])N1CCN(Cc2ccc(NC(=O)c3ccc(C)c(I)c3)cc2C(F)(F)F)CC1. The molecule has 0 bridgehead atoms. The van der Waals surface area contributed by atoms with Gasteiger partial charge in [0.25, 0.3) is 5.91 Å². The molecule has 156 valence electrons. The number of anilines is 1. The van der Waals surface area contributed by atoms with Crippen molar-refractivity contribution >= 4 is 34.2 Å². The molecule has 0 aliphatic carbocycles. The quantitative estimate of drug-likeness (QED) is 0.600. The minimum atomic E-state index is -4.55. The van der Waals surface area contributed by atoms with E-state index in [0.717, 1.165) is 15.2 Å². The number of rotatable bonds is 4. The van der Waals surface area contributed by atoms with Gasteiger partial charge in [-0.1, -0.05) is 12.1 Å². The van der Waals surface area contributed by atoms with E-state index in [9.17, 15) is 18.0 Å². The molecule has 0 aromatic heterocycles. The van der Waals surface area contributed by atoms with Crippen molar-refractivity contribution in [1.29, 1.82) is 0 Å². The average Bonchev–Trinajstić information content (AvgIpc) is 2.70. The van der Waals surface area contributed by atoms with Crippen molar-refractivity contribution in [1.82, 2.24) is 9.80 Å². The van der Waals surface area contributed by atoms with Crippen LogP contribution in [0.5, 0.6) is 0 Å². The highest BCUT2D eigenvalue weighted by Gasteiger charge is 2.34. The predicted octanol–water partition coefficient (Wildman–Crippen LogP) is 4.62. The highest BCUT2D eigenvalue weighted by atomic mass is 127. The van der Waals surface area contributed by atoms with Crippen LogP contribution in [0.15, 0.2) is 36.4 Å². The zero-order chi connectivity index (χ0) is 22.8. The molecule has 0 radical (unpaired) electrons. The number of alkyl halides is 3. The standard InChI is InChI=1S/C21H23F3IN3O/c1-14-3-4-15(11-19(14)25)20(29)26-17-6-5-16(18(12-17)21(22,23)24)13-28-9-7-27(2)8-10-28/h3-6,11-12H,7-10,13H2,1-2H3,(H,26,29)/i2D2. The first-order valence-corrected chi connectivity index (χ1v) is 10.2. The number of likely N-dealkylation sites (N-methyl/N-ethyl adjacent to an activating group) is 1. The number of benzene rings is 2. The van der Waals surface area contributed by atoms with Gasteiger partial charge in [0.05, 0.1) is 5.56 Å². The van der Waals surface area contributed by atoms with Gasteiger partial charge in [-0.3, -0.25) is 9.69 Å². The maximum absolute atomic E-state index is 13.7. The minimum absolute atomic E-state index is 0.0905. The van der Waals surface area contributed by atoms with Crippen molar-refractivity contribution in [2.75, 3.05) is 38.5 Å². The Morgan fingerprint density at radius 1 is 1.17 bits per heavy atom. The molecule has 0 atom stereocenters. The van der Waals surface area contributed by atoms with Crippen LogP contribution in [-0.2, 0) is 12.7 Å². The first-order valence-electron chi connectivity index (χ1n) is 10.3.